The highest BCUT2D eigenvalue weighted by Crippen LogP contribution is 2.13. The number of carbonyl (C=O) groups excluding carboxylic acids is 1. The van der Waals surface area contributed by atoms with Gasteiger partial charge in [-0.1, -0.05) is 5.16 Å². The molecule has 0 saturated heterocycles. The first-order valence-corrected chi connectivity index (χ1v) is 5.28. The van der Waals surface area contributed by atoms with Gasteiger partial charge in [0.05, 0.1) is 0 Å². The molecule has 1 heterocycles. The number of nitrogens with one attached hydrogen (secondary N) is 2. The van der Waals surface area contributed by atoms with Gasteiger partial charge in [-0.05, 0) is 13.8 Å². The highest BCUT2D eigenvalue weighted by atomic mass is 16.6. The Hall–Kier alpha value is -2.31. The molecular formula is C11H16N4O3. The molecule has 0 aliphatic carbocycles. The van der Waals surface area contributed by atoms with E-state index < -0.39 is 0 Å². The van der Waals surface area contributed by atoms with Crippen molar-refractivity contribution in [2.24, 2.45) is 5.16 Å². The Labute approximate surface area is 105 Å². The summed E-state index contributed by atoms with van der Waals surface area (Å²) in [4.78, 5) is 16.3. The van der Waals surface area contributed by atoms with E-state index in [1.807, 2.05) is 0 Å². The summed E-state index contributed by atoms with van der Waals surface area (Å²) in [6.07, 6.45) is 1.64. The Morgan fingerprint density at radius 1 is 1.50 bits per heavy atom. The predicted octanol–water partition coefficient (Wildman–Crippen LogP) is 0.831. The fraction of sp³-hybridized carbons (Fsp3) is 0.364. The van der Waals surface area contributed by atoms with E-state index in [2.05, 4.69) is 25.5 Å². The monoisotopic (exact) mass is 252 g/mol. The Morgan fingerprint density at radius 3 is 2.72 bits per heavy atom. The van der Waals surface area contributed by atoms with Crippen LogP contribution in [0.2, 0.25) is 0 Å². The number of aromatic nitrogens is 2. The number of rotatable bonds is 5. The van der Waals surface area contributed by atoms with Crippen molar-refractivity contribution in [1.29, 1.82) is 0 Å². The molecule has 0 radical (unpaired) electrons. The third-order valence-corrected chi connectivity index (χ3v) is 2.24. The molecule has 0 bridgehead atoms. The number of allylic oxidation sites excluding steroid dienone is 1. The molecule has 0 aromatic carbocycles. The van der Waals surface area contributed by atoms with E-state index in [1.54, 1.807) is 26.1 Å². The van der Waals surface area contributed by atoms with Crippen LogP contribution in [0.15, 0.2) is 28.8 Å². The Kier molecular flexibility index (Phi) is 4.91. The summed E-state index contributed by atoms with van der Waals surface area (Å²) < 4.78 is 5.46. The van der Waals surface area contributed by atoms with E-state index in [4.69, 9.17) is 4.74 Å². The summed E-state index contributed by atoms with van der Waals surface area (Å²) in [5, 5.41) is 12.7. The van der Waals surface area contributed by atoms with Crippen molar-refractivity contribution in [2.45, 2.75) is 13.8 Å². The lowest BCUT2D eigenvalue weighted by Gasteiger charge is -2.09. The summed E-state index contributed by atoms with van der Waals surface area (Å²) in [6, 6.07) is 1.67. The van der Waals surface area contributed by atoms with Crippen molar-refractivity contribution in [2.75, 3.05) is 14.2 Å². The van der Waals surface area contributed by atoms with Crippen LogP contribution in [0.1, 0.15) is 13.8 Å². The molecule has 0 aliphatic heterocycles. The van der Waals surface area contributed by atoms with Gasteiger partial charge in [-0.15, -0.1) is 5.10 Å². The highest BCUT2D eigenvalue weighted by Gasteiger charge is 2.16. The Balaban J connectivity index is 2.96. The van der Waals surface area contributed by atoms with Crippen molar-refractivity contribution in [3.8, 4) is 5.88 Å². The highest BCUT2D eigenvalue weighted by molar-refractivity contribution is 6.45. The SMILES string of the molecule is CNC(=O)C(=NOC)C(C)=C(C)Oc1cc[nH]n1. The van der Waals surface area contributed by atoms with Gasteiger partial charge in [0.2, 0.25) is 5.88 Å². The van der Waals surface area contributed by atoms with E-state index in [-0.39, 0.29) is 11.6 Å². The number of amides is 1. The van der Waals surface area contributed by atoms with Crippen LogP contribution in [0.3, 0.4) is 0 Å². The molecule has 0 aliphatic rings. The second kappa shape index (κ2) is 6.43. The molecular weight excluding hydrogens is 236 g/mol. The number of nitrogens with zero attached hydrogens (tertiary/aromatic N) is 2. The van der Waals surface area contributed by atoms with Gasteiger partial charge < -0.3 is 14.9 Å². The summed E-state index contributed by atoms with van der Waals surface area (Å²) in [7, 11) is 2.89. The summed E-state index contributed by atoms with van der Waals surface area (Å²) >= 11 is 0. The van der Waals surface area contributed by atoms with Crippen molar-refractivity contribution >= 4 is 11.6 Å². The minimum Gasteiger partial charge on any atom is -0.442 e. The maximum Gasteiger partial charge on any atom is 0.273 e. The molecule has 0 fully saturated rings. The topological polar surface area (TPSA) is 88.6 Å². The second-order valence-electron chi connectivity index (χ2n) is 3.40. The van der Waals surface area contributed by atoms with Crippen molar-refractivity contribution in [1.82, 2.24) is 15.5 Å². The van der Waals surface area contributed by atoms with Gasteiger partial charge in [0.15, 0.2) is 5.71 Å². The van der Waals surface area contributed by atoms with Gasteiger partial charge in [-0.2, -0.15) is 0 Å². The minimum absolute atomic E-state index is 0.160. The number of carbonyl (C=O) groups is 1. The predicted molar refractivity (Wildman–Crippen MR) is 66.1 cm³/mol. The zero-order valence-corrected chi connectivity index (χ0v) is 10.8. The van der Waals surface area contributed by atoms with Gasteiger partial charge in [0.1, 0.15) is 12.9 Å². The largest absolute Gasteiger partial charge is 0.442 e. The van der Waals surface area contributed by atoms with Crippen molar-refractivity contribution in [3.63, 3.8) is 0 Å². The van der Waals surface area contributed by atoms with Crippen LogP contribution < -0.4 is 10.1 Å². The van der Waals surface area contributed by atoms with Crippen molar-refractivity contribution < 1.29 is 14.4 Å². The number of ether oxygens (including phenoxy) is 1. The first-order chi connectivity index (χ1) is 8.60. The van der Waals surface area contributed by atoms with Crippen LogP contribution in [-0.2, 0) is 9.63 Å². The third kappa shape index (κ3) is 3.34. The normalized spacial score (nSPS) is 12.8. The molecule has 0 spiro atoms. The lowest BCUT2D eigenvalue weighted by atomic mass is 10.1. The van der Waals surface area contributed by atoms with Crippen molar-refractivity contribution in [3.05, 3.63) is 23.6 Å². The van der Waals surface area contributed by atoms with E-state index in [1.165, 1.54) is 14.2 Å². The van der Waals surface area contributed by atoms with E-state index in [9.17, 15) is 4.79 Å². The average Bonchev–Trinajstić information content (AvgIpc) is 2.87. The molecule has 1 amide bonds. The van der Waals surface area contributed by atoms with Crippen LogP contribution in [0, 0.1) is 0 Å². The molecule has 18 heavy (non-hydrogen) atoms. The van der Waals surface area contributed by atoms with Gasteiger partial charge in [0, 0.05) is 24.9 Å². The van der Waals surface area contributed by atoms with E-state index in [0.717, 1.165) is 0 Å². The number of aromatic amines is 1. The molecule has 2 N–H and O–H groups in total. The molecule has 0 saturated carbocycles. The van der Waals surface area contributed by atoms with Gasteiger partial charge in [0.25, 0.3) is 5.91 Å². The van der Waals surface area contributed by atoms with Crippen LogP contribution in [-0.4, -0.2) is 36.0 Å². The number of H-pyrrole nitrogens is 1. The molecule has 1 aromatic heterocycles. The summed E-state index contributed by atoms with van der Waals surface area (Å²) in [5.74, 6) is 0.585. The van der Waals surface area contributed by atoms with Gasteiger partial charge >= 0.3 is 0 Å². The lowest BCUT2D eigenvalue weighted by Crippen LogP contribution is -2.29. The van der Waals surface area contributed by atoms with Crippen LogP contribution in [0.5, 0.6) is 5.88 Å². The van der Waals surface area contributed by atoms with Crippen LogP contribution in [0.25, 0.3) is 0 Å². The molecule has 0 atom stereocenters. The molecule has 98 valence electrons. The number of hydrogen-bond donors (Lipinski definition) is 2. The third-order valence-electron chi connectivity index (χ3n) is 2.24. The molecule has 0 unspecified atom stereocenters. The standard InChI is InChI=1S/C11H16N4O3/c1-7(10(15-17-4)11(16)12-3)8(2)18-9-5-6-13-14-9/h5-6H,1-4H3,(H,12,16)(H,13,14). The second-order valence-corrected chi connectivity index (χ2v) is 3.40. The number of hydrogen-bond acceptors (Lipinski definition) is 5. The Morgan fingerprint density at radius 2 is 2.22 bits per heavy atom. The Bertz CT molecular complexity index is 463. The smallest absolute Gasteiger partial charge is 0.273 e. The lowest BCUT2D eigenvalue weighted by molar-refractivity contribution is -0.114. The van der Waals surface area contributed by atoms with Crippen LogP contribution in [0.4, 0.5) is 0 Å². The fourth-order valence-corrected chi connectivity index (χ4v) is 1.19. The molecule has 7 nitrogen and oxygen atoms in total. The average molecular weight is 252 g/mol. The van der Waals surface area contributed by atoms with Gasteiger partial charge in [-0.25, -0.2) is 0 Å². The fourth-order valence-electron chi connectivity index (χ4n) is 1.19. The van der Waals surface area contributed by atoms with E-state index >= 15 is 0 Å². The quantitative estimate of drug-likeness (QED) is 0.461. The maximum absolute atomic E-state index is 11.6. The summed E-state index contributed by atoms with van der Waals surface area (Å²) in [5.41, 5.74) is 0.729. The summed E-state index contributed by atoms with van der Waals surface area (Å²) in [6.45, 7) is 3.44. The first kappa shape index (κ1) is 13.8. The maximum atomic E-state index is 11.6. The minimum atomic E-state index is -0.348. The number of oxime groups is 1. The molecule has 1 aromatic rings. The van der Waals surface area contributed by atoms with E-state index in [0.29, 0.717) is 17.2 Å². The molecule has 7 heteroatoms. The molecule has 1 rings (SSSR count). The zero-order valence-electron chi connectivity index (χ0n) is 10.8. The zero-order chi connectivity index (χ0) is 13.5. The van der Waals surface area contributed by atoms with Crippen LogP contribution >= 0.6 is 0 Å². The van der Waals surface area contributed by atoms with Gasteiger partial charge in [-0.3, -0.25) is 9.89 Å². The first-order valence-electron chi connectivity index (χ1n) is 5.28.